The van der Waals surface area contributed by atoms with Crippen LogP contribution in [0.4, 0.5) is 22.7 Å². The first kappa shape index (κ1) is 22.9. The minimum atomic E-state index is -0.531. The Labute approximate surface area is 207 Å². The number of nitrogens with zero attached hydrogens (tertiary/aromatic N) is 2. The van der Waals surface area contributed by atoms with Gasteiger partial charge in [0.15, 0.2) is 0 Å². The van der Waals surface area contributed by atoms with Crippen LogP contribution >= 0.6 is 11.6 Å². The Morgan fingerprint density at radius 3 is 2.54 bits per heavy atom. The number of hydrogen-bond acceptors (Lipinski definition) is 6. The predicted molar refractivity (Wildman–Crippen MR) is 139 cm³/mol. The van der Waals surface area contributed by atoms with Crippen LogP contribution in [0.1, 0.15) is 29.5 Å². The van der Waals surface area contributed by atoms with Crippen LogP contribution in [0.15, 0.2) is 60.7 Å². The first-order chi connectivity index (χ1) is 16.9. The third-order valence-electron chi connectivity index (χ3n) is 6.32. The smallest absolute Gasteiger partial charge is 0.292 e. The highest BCUT2D eigenvalue weighted by atomic mass is 35.5. The number of hydrogen-bond donors (Lipinski definition) is 3. The second-order valence-electron chi connectivity index (χ2n) is 8.73. The zero-order valence-corrected chi connectivity index (χ0v) is 19.6. The van der Waals surface area contributed by atoms with Gasteiger partial charge in [-0.1, -0.05) is 35.9 Å². The number of anilines is 3. The van der Waals surface area contributed by atoms with Gasteiger partial charge in [0.2, 0.25) is 0 Å². The van der Waals surface area contributed by atoms with Gasteiger partial charge >= 0.3 is 0 Å². The van der Waals surface area contributed by atoms with Crippen LogP contribution in [-0.2, 0) is 11.3 Å². The number of rotatable bonds is 6. The van der Waals surface area contributed by atoms with Crippen molar-refractivity contribution in [3.8, 4) is 0 Å². The molecule has 0 aromatic heterocycles. The van der Waals surface area contributed by atoms with E-state index in [9.17, 15) is 14.9 Å². The maximum absolute atomic E-state index is 13.1. The molecule has 0 radical (unpaired) electrons. The quantitative estimate of drug-likeness (QED) is 0.186. The molecular weight excluding hydrogens is 466 g/mol. The molecule has 3 aromatic carbocycles. The molecule has 0 saturated carbocycles. The minimum Gasteiger partial charge on any atom is -0.393 e. The van der Waals surface area contributed by atoms with Crippen LogP contribution in [0.3, 0.4) is 0 Å². The number of nitro benzene ring substituents is 1. The zero-order valence-electron chi connectivity index (χ0n) is 18.9. The van der Waals surface area contributed by atoms with Gasteiger partial charge < -0.3 is 16.4 Å². The maximum atomic E-state index is 13.1. The summed E-state index contributed by atoms with van der Waals surface area (Å²) in [4.78, 5) is 26.5. The fourth-order valence-electron chi connectivity index (χ4n) is 4.57. The van der Waals surface area contributed by atoms with Crippen molar-refractivity contribution in [2.45, 2.75) is 19.4 Å². The van der Waals surface area contributed by atoms with Crippen molar-refractivity contribution in [1.29, 1.82) is 0 Å². The van der Waals surface area contributed by atoms with E-state index in [1.165, 1.54) is 30.5 Å². The van der Waals surface area contributed by atoms with Gasteiger partial charge in [-0.15, -0.1) is 0 Å². The summed E-state index contributed by atoms with van der Waals surface area (Å²) in [5.41, 5.74) is 10.1. The van der Waals surface area contributed by atoms with Gasteiger partial charge in [0.25, 0.3) is 11.6 Å². The van der Waals surface area contributed by atoms with Crippen LogP contribution in [-0.4, -0.2) is 28.8 Å². The lowest BCUT2D eigenvalue weighted by Crippen LogP contribution is -2.18. The van der Waals surface area contributed by atoms with Crippen molar-refractivity contribution in [2.24, 2.45) is 0 Å². The summed E-state index contributed by atoms with van der Waals surface area (Å²) in [6, 6.07) is 17.7. The average molecular weight is 490 g/mol. The highest BCUT2D eigenvalue weighted by Crippen LogP contribution is 2.39. The van der Waals surface area contributed by atoms with E-state index in [1.54, 1.807) is 24.3 Å². The standard InChI is InChI=1S/C26H24ClN5O3/c27-18-6-9-20-22(14-18)30-26(33)24(20)25(17-5-10-21(28)23(13-17)32(34)35)29-19-7-3-16(4-8-19)15-31-11-1-2-12-31/h3-10,13-14,29H,1-2,11-12,15,28H2,(H,30,33)/b25-24-. The summed E-state index contributed by atoms with van der Waals surface area (Å²) in [5.74, 6) is -0.324. The fourth-order valence-corrected chi connectivity index (χ4v) is 4.74. The number of carbonyl (C=O) groups is 1. The Hall–Kier alpha value is -3.88. The number of nitrogens with one attached hydrogen (secondary N) is 2. The first-order valence-corrected chi connectivity index (χ1v) is 11.7. The molecule has 178 valence electrons. The van der Waals surface area contributed by atoms with Crippen LogP contribution in [0.2, 0.25) is 5.02 Å². The molecule has 9 heteroatoms. The molecule has 5 rings (SSSR count). The van der Waals surface area contributed by atoms with E-state index < -0.39 is 4.92 Å². The Balaban J connectivity index is 1.56. The lowest BCUT2D eigenvalue weighted by molar-refractivity contribution is -0.383. The SMILES string of the molecule is Nc1ccc(/C(Nc2ccc(CN3CCCC3)cc2)=C2/C(=O)Nc3cc(Cl)ccc32)cc1[N+](=O)[O-]. The molecule has 8 nitrogen and oxygen atoms in total. The Morgan fingerprint density at radius 1 is 1.09 bits per heavy atom. The molecule has 35 heavy (non-hydrogen) atoms. The lowest BCUT2D eigenvalue weighted by Gasteiger charge is -2.17. The topological polar surface area (TPSA) is 114 Å². The Bertz CT molecular complexity index is 1350. The van der Waals surface area contributed by atoms with Crippen molar-refractivity contribution >= 4 is 51.5 Å². The average Bonchev–Trinajstić information content (AvgIpc) is 3.45. The van der Waals surface area contributed by atoms with Gasteiger partial charge in [-0.2, -0.15) is 0 Å². The third-order valence-corrected chi connectivity index (χ3v) is 6.56. The van der Waals surface area contributed by atoms with E-state index >= 15 is 0 Å². The van der Waals surface area contributed by atoms with Crippen molar-refractivity contribution in [3.05, 3.63) is 92.5 Å². The molecule has 1 fully saturated rings. The zero-order chi connectivity index (χ0) is 24.5. The van der Waals surface area contributed by atoms with Gasteiger partial charge in [0.1, 0.15) is 5.69 Å². The number of benzene rings is 3. The number of nitrogens with two attached hydrogens (primary N) is 1. The van der Waals surface area contributed by atoms with E-state index in [-0.39, 0.29) is 17.3 Å². The monoisotopic (exact) mass is 489 g/mol. The molecule has 1 amide bonds. The normalized spacial score (nSPS) is 16.7. The largest absolute Gasteiger partial charge is 0.393 e. The number of halogens is 1. The summed E-state index contributed by atoms with van der Waals surface area (Å²) in [7, 11) is 0. The van der Waals surface area contributed by atoms with Gasteiger partial charge in [-0.3, -0.25) is 19.8 Å². The van der Waals surface area contributed by atoms with E-state index in [1.807, 2.05) is 12.1 Å². The van der Waals surface area contributed by atoms with Crippen molar-refractivity contribution in [1.82, 2.24) is 4.90 Å². The third kappa shape index (κ3) is 4.71. The number of nitrogen functional groups attached to an aromatic ring is 1. The number of amides is 1. The van der Waals surface area contributed by atoms with Gasteiger partial charge in [-0.25, -0.2) is 0 Å². The Morgan fingerprint density at radius 2 is 1.83 bits per heavy atom. The van der Waals surface area contributed by atoms with Crippen molar-refractivity contribution < 1.29 is 9.72 Å². The molecule has 0 aliphatic carbocycles. The molecule has 0 atom stereocenters. The Kier molecular flexibility index (Phi) is 6.15. The first-order valence-electron chi connectivity index (χ1n) is 11.4. The number of likely N-dealkylation sites (tertiary alicyclic amines) is 1. The molecule has 3 aromatic rings. The second-order valence-corrected chi connectivity index (χ2v) is 9.17. The number of fused-ring (bicyclic) bond motifs is 1. The van der Waals surface area contributed by atoms with Gasteiger partial charge in [-0.05, 0) is 61.8 Å². The molecule has 0 unspecified atom stereocenters. The summed E-state index contributed by atoms with van der Waals surface area (Å²) >= 11 is 6.12. The summed E-state index contributed by atoms with van der Waals surface area (Å²) < 4.78 is 0. The molecule has 0 spiro atoms. The second kappa shape index (κ2) is 9.40. The molecular formula is C26H24ClN5O3. The number of carbonyl (C=O) groups excluding carboxylic acids is 1. The van der Waals surface area contributed by atoms with E-state index in [4.69, 9.17) is 17.3 Å². The molecule has 0 bridgehead atoms. The molecule has 1 saturated heterocycles. The summed E-state index contributed by atoms with van der Waals surface area (Å²) in [5, 5.41) is 18.2. The molecule has 2 aliphatic heterocycles. The van der Waals surface area contributed by atoms with Crippen molar-refractivity contribution in [3.63, 3.8) is 0 Å². The highest BCUT2D eigenvalue weighted by Gasteiger charge is 2.29. The molecule has 2 heterocycles. The van der Waals surface area contributed by atoms with Crippen LogP contribution in [0, 0.1) is 10.1 Å². The minimum absolute atomic E-state index is 0.0532. The van der Waals surface area contributed by atoms with Gasteiger partial charge in [0.05, 0.1) is 21.9 Å². The molecule has 2 aliphatic rings. The van der Waals surface area contributed by atoms with Crippen LogP contribution in [0.25, 0.3) is 11.3 Å². The highest BCUT2D eigenvalue weighted by molar-refractivity contribution is 6.38. The maximum Gasteiger partial charge on any atom is 0.292 e. The summed E-state index contributed by atoms with van der Waals surface area (Å²) in [6.45, 7) is 3.13. The fraction of sp³-hybridized carbons (Fsp3) is 0.192. The van der Waals surface area contributed by atoms with Crippen LogP contribution in [0.5, 0.6) is 0 Å². The summed E-state index contributed by atoms with van der Waals surface area (Å²) in [6.07, 6.45) is 2.47. The van der Waals surface area contributed by atoms with Crippen molar-refractivity contribution in [2.75, 3.05) is 29.5 Å². The van der Waals surface area contributed by atoms with E-state index in [2.05, 4.69) is 27.7 Å². The van der Waals surface area contributed by atoms with E-state index in [0.717, 1.165) is 25.3 Å². The number of nitro groups is 1. The van der Waals surface area contributed by atoms with Gasteiger partial charge in [0, 0.05) is 34.4 Å². The molecule has 4 N–H and O–H groups in total. The lowest BCUT2D eigenvalue weighted by atomic mass is 9.99. The van der Waals surface area contributed by atoms with Crippen LogP contribution < -0.4 is 16.4 Å². The predicted octanol–water partition coefficient (Wildman–Crippen LogP) is 5.36. The van der Waals surface area contributed by atoms with E-state index in [0.29, 0.717) is 33.1 Å².